The van der Waals surface area contributed by atoms with E-state index in [9.17, 15) is 4.79 Å². The van der Waals surface area contributed by atoms with E-state index < -0.39 is 5.72 Å². The lowest BCUT2D eigenvalue weighted by Crippen LogP contribution is -2.49. The fourth-order valence-corrected chi connectivity index (χ4v) is 3.56. The number of amides is 1. The second-order valence-electron chi connectivity index (χ2n) is 6.54. The predicted octanol–water partition coefficient (Wildman–Crippen LogP) is 3.97. The lowest BCUT2D eigenvalue weighted by atomic mass is 9.84. The zero-order valence-corrected chi connectivity index (χ0v) is 14.2. The summed E-state index contributed by atoms with van der Waals surface area (Å²) in [5, 5.41) is 0. The summed E-state index contributed by atoms with van der Waals surface area (Å²) in [5.74, 6) is -0.0440. The Labute approximate surface area is 143 Å². The first kappa shape index (κ1) is 16.5. The van der Waals surface area contributed by atoms with Crippen molar-refractivity contribution >= 4 is 5.91 Å². The molecule has 1 amide bonds. The lowest BCUT2D eigenvalue weighted by Gasteiger charge is -2.36. The summed E-state index contributed by atoms with van der Waals surface area (Å²) in [5.41, 5.74) is 1.71. The number of carbonyl (C=O) groups is 1. The lowest BCUT2D eigenvalue weighted by molar-refractivity contribution is -0.140. The number of hydrogen-bond acceptors (Lipinski definition) is 2. The number of carbonyl (C=O) groups excluding carboxylic acids is 1. The van der Waals surface area contributed by atoms with E-state index in [0.29, 0.717) is 6.61 Å². The summed E-state index contributed by atoms with van der Waals surface area (Å²) in [6, 6.07) is 20.5. The summed E-state index contributed by atoms with van der Waals surface area (Å²) < 4.78 is 5.97. The van der Waals surface area contributed by atoms with Crippen molar-refractivity contribution in [2.24, 2.45) is 0 Å². The zero-order valence-electron chi connectivity index (χ0n) is 14.2. The third-order valence-corrected chi connectivity index (χ3v) is 4.63. The van der Waals surface area contributed by atoms with E-state index in [1.807, 2.05) is 55.1 Å². The van der Waals surface area contributed by atoms with E-state index in [1.165, 1.54) is 17.2 Å². The normalized spacial score (nSPS) is 19.5. The molecule has 0 aromatic heterocycles. The molecule has 1 aliphatic rings. The van der Waals surface area contributed by atoms with E-state index in [1.54, 1.807) is 0 Å². The van der Waals surface area contributed by atoms with Gasteiger partial charge in [-0.1, -0.05) is 67.2 Å². The fraction of sp³-hybridized carbons (Fsp3) is 0.286. The first-order valence-electron chi connectivity index (χ1n) is 8.24. The number of rotatable bonds is 4. The molecular weight excluding hydrogens is 298 g/mol. The van der Waals surface area contributed by atoms with Gasteiger partial charge in [-0.05, 0) is 31.1 Å². The van der Waals surface area contributed by atoms with Gasteiger partial charge in [0.2, 0.25) is 5.91 Å². The Kier molecular flexibility index (Phi) is 4.54. The first-order valence-corrected chi connectivity index (χ1v) is 8.24. The molecule has 0 spiro atoms. The third-order valence-electron chi connectivity index (χ3n) is 4.63. The summed E-state index contributed by atoms with van der Waals surface area (Å²) in [4.78, 5) is 14.4. The molecule has 2 aromatic carbocycles. The highest BCUT2D eigenvalue weighted by Gasteiger charge is 2.46. The molecule has 1 fully saturated rings. The smallest absolute Gasteiger partial charge is 0.248 e. The molecule has 3 heteroatoms. The predicted molar refractivity (Wildman–Crippen MR) is 95.6 cm³/mol. The van der Waals surface area contributed by atoms with Crippen molar-refractivity contribution in [2.45, 2.75) is 31.5 Å². The van der Waals surface area contributed by atoms with Gasteiger partial charge in [-0.2, -0.15) is 0 Å². The van der Waals surface area contributed by atoms with Crippen molar-refractivity contribution < 1.29 is 9.53 Å². The van der Waals surface area contributed by atoms with Gasteiger partial charge in [0, 0.05) is 5.92 Å². The fourth-order valence-electron chi connectivity index (χ4n) is 3.56. The minimum atomic E-state index is -0.641. The molecule has 3 rings (SSSR count). The Bertz CT molecular complexity index is 670. The number of hydrogen-bond donors (Lipinski definition) is 0. The van der Waals surface area contributed by atoms with E-state index in [-0.39, 0.29) is 17.9 Å². The molecule has 1 atom stereocenters. The monoisotopic (exact) mass is 321 g/mol. The van der Waals surface area contributed by atoms with Crippen LogP contribution in [0.2, 0.25) is 0 Å². The summed E-state index contributed by atoms with van der Waals surface area (Å²) in [7, 11) is 0. The SMILES string of the molecule is C=CC(=O)N1[C@@H](C(c2ccccc2)c2ccccc2)COC1(C)C. The van der Waals surface area contributed by atoms with Crippen LogP contribution < -0.4 is 0 Å². The van der Waals surface area contributed by atoms with Crippen LogP contribution in [0.4, 0.5) is 0 Å². The average Bonchev–Trinajstić information content (AvgIpc) is 2.91. The molecule has 0 aliphatic carbocycles. The van der Waals surface area contributed by atoms with E-state index in [0.717, 1.165) is 0 Å². The maximum absolute atomic E-state index is 12.5. The van der Waals surface area contributed by atoms with Crippen LogP contribution in [0.25, 0.3) is 0 Å². The molecule has 0 N–H and O–H groups in total. The molecule has 0 unspecified atom stereocenters. The second kappa shape index (κ2) is 6.62. The van der Waals surface area contributed by atoms with Crippen molar-refractivity contribution in [3.8, 4) is 0 Å². The minimum absolute atomic E-state index is 0.0538. The molecule has 2 aromatic rings. The van der Waals surface area contributed by atoms with Crippen molar-refractivity contribution in [1.29, 1.82) is 0 Å². The topological polar surface area (TPSA) is 29.5 Å². The van der Waals surface area contributed by atoms with Gasteiger partial charge in [0.1, 0.15) is 5.72 Å². The molecule has 0 saturated carbocycles. The van der Waals surface area contributed by atoms with Gasteiger partial charge in [0.05, 0.1) is 12.6 Å². The van der Waals surface area contributed by atoms with E-state index in [2.05, 4.69) is 30.8 Å². The van der Waals surface area contributed by atoms with E-state index >= 15 is 0 Å². The summed E-state index contributed by atoms with van der Waals surface area (Å²) in [6.45, 7) is 8.03. The molecule has 3 nitrogen and oxygen atoms in total. The molecule has 0 bridgehead atoms. The molecule has 1 saturated heterocycles. The van der Waals surface area contributed by atoms with Crippen molar-refractivity contribution in [1.82, 2.24) is 4.90 Å². The standard InChI is InChI=1S/C21H23NO2/c1-4-19(23)22-18(15-24-21(22,2)3)20(16-11-7-5-8-12-16)17-13-9-6-10-14-17/h4-14,18,20H,1,15H2,2-3H3/t18-/m1/s1. The van der Waals surface area contributed by atoms with Crippen LogP contribution >= 0.6 is 0 Å². The molecule has 24 heavy (non-hydrogen) atoms. The van der Waals surface area contributed by atoms with Gasteiger partial charge in [-0.15, -0.1) is 0 Å². The molecule has 124 valence electrons. The van der Waals surface area contributed by atoms with Gasteiger partial charge in [-0.3, -0.25) is 4.79 Å². The highest BCUT2D eigenvalue weighted by Crippen LogP contribution is 2.39. The summed E-state index contributed by atoms with van der Waals surface area (Å²) in [6.07, 6.45) is 1.37. The average molecular weight is 321 g/mol. The highest BCUT2D eigenvalue weighted by molar-refractivity contribution is 5.88. The van der Waals surface area contributed by atoms with E-state index in [4.69, 9.17) is 4.74 Å². The van der Waals surface area contributed by atoms with Crippen LogP contribution in [0.3, 0.4) is 0 Å². The van der Waals surface area contributed by atoms with Crippen LogP contribution in [0.1, 0.15) is 30.9 Å². The van der Waals surface area contributed by atoms with Gasteiger partial charge in [-0.25, -0.2) is 0 Å². The van der Waals surface area contributed by atoms with Gasteiger partial charge < -0.3 is 9.64 Å². The number of benzene rings is 2. The molecular formula is C21H23NO2. The van der Waals surface area contributed by atoms with Crippen molar-refractivity contribution in [3.63, 3.8) is 0 Å². The number of ether oxygens (including phenoxy) is 1. The quantitative estimate of drug-likeness (QED) is 0.798. The van der Waals surface area contributed by atoms with Crippen molar-refractivity contribution in [3.05, 3.63) is 84.4 Å². The zero-order chi connectivity index (χ0) is 17.2. The Morgan fingerprint density at radius 2 is 1.62 bits per heavy atom. The summed E-state index contributed by atoms with van der Waals surface area (Å²) >= 11 is 0. The van der Waals surface area contributed by atoms with Crippen LogP contribution in [0, 0.1) is 0 Å². The first-order chi connectivity index (χ1) is 11.5. The minimum Gasteiger partial charge on any atom is -0.354 e. The molecule has 0 radical (unpaired) electrons. The van der Waals surface area contributed by atoms with Crippen LogP contribution in [0.5, 0.6) is 0 Å². The van der Waals surface area contributed by atoms with Gasteiger partial charge in [0.25, 0.3) is 0 Å². The van der Waals surface area contributed by atoms with Gasteiger partial charge in [0.15, 0.2) is 0 Å². The Morgan fingerprint density at radius 1 is 1.12 bits per heavy atom. The molecule has 1 aliphatic heterocycles. The number of nitrogens with zero attached hydrogens (tertiary/aromatic N) is 1. The second-order valence-corrected chi connectivity index (χ2v) is 6.54. The van der Waals surface area contributed by atoms with Crippen LogP contribution in [-0.4, -0.2) is 29.2 Å². The van der Waals surface area contributed by atoms with Crippen LogP contribution in [0.15, 0.2) is 73.3 Å². The Hall–Kier alpha value is -2.39. The Morgan fingerprint density at radius 3 is 2.08 bits per heavy atom. The maximum Gasteiger partial charge on any atom is 0.248 e. The third kappa shape index (κ3) is 3.00. The van der Waals surface area contributed by atoms with Crippen molar-refractivity contribution in [2.75, 3.05) is 6.61 Å². The van der Waals surface area contributed by atoms with Gasteiger partial charge >= 0.3 is 0 Å². The maximum atomic E-state index is 12.5. The highest BCUT2D eigenvalue weighted by atomic mass is 16.5. The largest absolute Gasteiger partial charge is 0.354 e. The van der Waals surface area contributed by atoms with Crippen LogP contribution in [-0.2, 0) is 9.53 Å². The molecule has 1 heterocycles. The Balaban J connectivity index is 2.09.